The SMILES string of the molecule is COc1cccc(CN2CCn3c(nnc3C3CCCCN3C(=O)N(C)C)C2)n1. The number of carbonyl (C=O) groups is 1. The van der Waals surface area contributed by atoms with Crippen molar-refractivity contribution in [2.24, 2.45) is 0 Å². The average Bonchev–Trinajstić information content (AvgIpc) is 3.16. The molecule has 2 aliphatic heterocycles. The highest BCUT2D eigenvalue weighted by Gasteiger charge is 2.34. The number of hydrogen-bond acceptors (Lipinski definition) is 6. The Labute approximate surface area is 171 Å². The Bertz CT molecular complexity index is 866. The average molecular weight is 399 g/mol. The second-order valence-corrected chi connectivity index (χ2v) is 7.89. The summed E-state index contributed by atoms with van der Waals surface area (Å²) in [5.74, 6) is 2.51. The van der Waals surface area contributed by atoms with Gasteiger partial charge in [0.15, 0.2) is 5.82 Å². The lowest BCUT2D eigenvalue weighted by Crippen LogP contribution is -2.45. The second kappa shape index (κ2) is 8.36. The van der Waals surface area contributed by atoms with E-state index in [0.717, 1.165) is 69.3 Å². The first-order valence-electron chi connectivity index (χ1n) is 10.2. The molecule has 2 aliphatic rings. The van der Waals surface area contributed by atoms with Crippen molar-refractivity contribution < 1.29 is 9.53 Å². The lowest BCUT2D eigenvalue weighted by molar-refractivity contribution is 0.121. The number of fused-ring (bicyclic) bond motifs is 1. The van der Waals surface area contributed by atoms with Gasteiger partial charge in [-0.3, -0.25) is 4.90 Å². The van der Waals surface area contributed by atoms with E-state index < -0.39 is 0 Å². The number of methoxy groups -OCH3 is 1. The fourth-order valence-electron chi connectivity index (χ4n) is 4.19. The summed E-state index contributed by atoms with van der Waals surface area (Å²) in [6, 6.07) is 5.89. The highest BCUT2D eigenvalue weighted by molar-refractivity contribution is 5.74. The van der Waals surface area contributed by atoms with Gasteiger partial charge in [0.25, 0.3) is 0 Å². The zero-order chi connectivity index (χ0) is 20.4. The Kier molecular flexibility index (Phi) is 5.66. The van der Waals surface area contributed by atoms with E-state index in [0.29, 0.717) is 5.88 Å². The Morgan fingerprint density at radius 2 is 2.07 bits per heavy atom. The zero-order valence-electron chi connectivity index (χ0n) is 17.4. The van der Waals surface area contributed by atoms with Crippen molar-refractivity contribution in [3.8, 4) is 5.88 Å². The highest BCUT2D eigenvalue weighted by Crippen LogP contribution is 2.32. The Morgan fingerprint density at radius 1 is 1.21 bits per heavy atom. The molecular formula is C20H29N7O2. The summed E-state index contributed by atoms with van der Waals surface area (Å²) < 4.78 is 7.43. The molecule has 0 aliphatic carbocycles. The van der Waals surface area contributed by atoms with Gasteiger partial charge in [-0.1, -0.05) is 6.07 Å². The van der Waals surface area contributed by atoms with Crippen molar-refractivity contribution in [3.63, 3.8) is 0 Å². The molecule has 1 fully saturated rings. The van der Waals surface area contributed by atoms with Crippen LogP contribution in [-0.4, -0.2) is 74.8 Å². The molecule has 9 nitrogen and oxygen atoms in total. The first-order valence-corrected chi connectivity index (χ1v) is 10.2. The van der Waals surface area contributed by atoms with E-state index in [1.54, 1.807) is 26.1 Å². The normalized spacial score (nSPS) is 19.7. The largest absolute Gasteiger partial charge is 0.481 e. The molecule has 2 aromatic heterocycles. The van der Waals surface area contributed by atoms with Crippen LogP contribution in [0.2, 0.25) is 0 Å². The van der Waals surface area contributed by atoms with Gasteiger partial charge in [0.2, 0.25) is 5.88 Å². The van der Waals surface area contributed by atoms with Crippen LogP contribution in [0.1, 0.15) is 42.6 Å². The summed E-state index contributed by atoms with van der Waals surface area (Å²) in [6.07, 6.45) is 3.09. The van der Waals surface area contributed by atoms with E-state index in [2.05, 4.69) is 24.6 Å². The first kappa shape index (κ1) is 19.6. The maximum atomic E-state index is 12.6. The summed E-state index contributed by atoms with van der Waals surface area (Å²) in [5, 5.41) is 8.99. The molecule has 2 amide bonds. The summed E-state index contributed by atoms with van der Waals surface area (Å²) in [6.45, 7) is 3.96. The molecular weight excluding hydrogens is 370 g/mol. The van der Waals surface area contributed by atoms with Gasteiger partial charge in [-0.2, -0.15) is 0 Å². The summed E-state index contributed by atoms with van der Waals surface area (Å²) >= 11 is 0. The van der Waals surface area contributed by atoms with Crippen LogP contribution in [-0.2, 0) is 19.6 Å². The van der Waals surface area contributed by atoms with Crippen LogP contribution in [0.15, 0.2) is 18.2 Å². The van der Waals surface area contributed by atoms with Gasteiger partial charge in [0.1, 0.15) is 5.82 Å². The van der Waals surface area contributed by atoms with Crippen LogP contribution in [0.5, 0.6) is 5.88 Å². The van der Waals surface area contributed by atoms with Gasteiger partial charge >= 0.3 is 6.03 Å². The second-order valence-electron chi connectivity index (χ2n) is 7.89. The van der Waals surface area contributed by atoms with Gasteiger partial charge in [0, 0.05) is 46.3 Å². The molecule has 2 aromatic rings. The molecule has 4 heterocycles. The van der Waals surface area contributed by atoms with Crippen LogP contribution in [0.25, 0.3) is 0 Å². The quantitative estimate of drug-likeness (QED) is 0.781. The molecule has 0 spiro atoms. The number of hydrogen-bond donors (Lipinski definition) is 0. The van der Waals surface area contributed by atoms with Crippen LogP contribution in [0.3, 0.4) is 0 Å². The smallest absolute Gasteiger partial charge is 0.320 e. The zero-order valence-corrected chi connectivity index (χ0v) is 17.4. The number of pyridine rings is 1. The van der Waals surface area contributed by atoms with Gasteiger partial charge in [-0.15, -0.1) is 10.2 Å². The molecule has 29 heavy (non-hydrogen) atoms. The number of ether oxygens (including phenoxy) is 1. The van der Waals surface area contributed by atoms with Crippen LogP contribution in [0, 0.1) is 0 Å². The number of piperidine rings is 1. The monoisotopic (exact) mass is 399 g/mol. The number of aromatic nitrogens is 4. The standard InChI is InChI=1S/C20H29N7O2/c1-24(2)20(28)26-10-5-4-8-16(26)19-23-22-17-14-25(11-12-27(17)19)13-15-7-6-9-18(21-15)29-3/h6-7,9,16H,4-5,8,10-14H2,1-3H3. The molecule has 1 saturated heterocycles. The molecule has 0 saturated carbocycles. The Morgan fingerprint density at radius 3 is 2.86 bits per heavy atom. The van der Waals surface area contributed by atoms with E-state index >= 15 is 0 Å². The third-order valence-electron chi connectivity index (χ3n) is 5.67. The highest BCUT2D eigenvalue weighted by atomic mass is 16.5. The number of carbonyl (C=O) groups excluding carboxylic acids is 1. The van der Waals surface area contributed by atoms with E-state index in [-0.39, 0.29) is 12.1 Å². The number of amides is 2. The van der Waals surface area contributed by atoms with Crippen LogP contribution >= 0.6 is 0 Å². The third kappa shape index (κ3) is 4.05. The maximum Gasteiger partial charge on any atom is 0.320 e. The number of urea groups is 1. The van der Waals surface area contributed by atoms with E-state index in [1.165, 1.54) is 0 Å². The molecule has 0 N–H and O–H groups in total. The van der Waals surface area contributed by atoms with Gasteiger partial charge in [-0.05, 0) is 25.3 Å². The van der Waals surface area contributed by atoms with Crippen molar-refractivity contribution in [1.29, 1.82) is 0 Å². The minimum absolute atomic E-state index is 0.00602. The summed E-state index contributed by atoms with van der Waals surface area (Å²) in [4.78, 5) is 23.1. The lowest BCUT2D eigenvalue weighted by atomic mass is 10.0. The molecule has 156 valence electrons. The minimum atomic E-state index is 0.00602. The number of likely N-dealkylation sites (tertiary alicyclic amines) is 1. The van der Waals surface area contributed by atoms with Crippen molar-refractivity contribution in [2.45, 2.75) is 44.9 Å². The van der Waals surface area contributed by atoms with Crippen molar-refractivity contribution >= 4 is 6.03 Å². The maximum absolute atomic E-state index is 12.6. The van der Waals surface area contributed by atoms with Gasteiger partial charge in [0.05, 0.1) is 25.4 Å². The fraction of sp³-hybridized carbons (Fsp3) is 0.600. The Balaban J connectivity index is 1.49. The third-order valence-corrected chi connectivity index (χ3v) is 5.67. The van der Waals surface area contributed by atoms with E-state index in [1.807, 2.05) is 23.1 Å². The summed E-state index contributed by atoms with van der Waals surface area (Å²) in [5.41, 5.74) is 0.979. The minimum Gasteiger partial charge on any atom is -0.481 e. The molecule has 9 heteroatoms. The van der Waals surface area contributed by atoms with Crippen molar-refractivity contribution in [1.82, 2.24) is 34.4 Å². The van der Waals surface area contributed by atoms with Crippen LogP contribution < -0.4 is 4.74 Å². The molecule has 4 rings (SSSR count). The van der Waals surface area contributed by atoms with E-state index in [9.17, 15) is 4.79 Å². The van der Waals surface area contributed by atoms with Gasteiger partial charge in [-0.25, -0.2) is 9.78 Å². The topological polar surface area (TPSA) is 79.6 Å². The lowest BCUT2D eigenvalue weighted by Gasteiger charge is -2.37. The van der Waals surface area contributed by atoms with Gasteiger partial charge < -0.3 is 19.1 Å². The van der Waals surface area contributed by atoms with Crippen molar-refractivity contribution in [2.75, 3.05) is 34.3 Å². The molecule has 0 bridgehead atoms. The van der Waals surface area contributed by atoms with Crippen LogP contribution in [0.4, 0.5) is 4.79 Å². The summed E-state index contributed by atoms with van der Waals surface area (Å²) in [7, 11) is 5.24. The first-order chi connectivity index (χ1) is 14.1. The van der Waals surface area contributed by atoms with Crippen molar-refractivity contribution in [3.05, 3.63) is 35.5 Å². The predicted molar refractivity (Wildman–Crippen MR) is 107 cm³/mol. The fourth-order valence-corrected chi connectivity index (χ4v) is 4.19. The molecule has 1 unspecified atom stereocenters. The van der Waals surface area contributed by atoms with E-state index in [4.69, 9.17) is 4.74 Å². The molecule has 0 aromatic carbocycles. The molecule has 1 atom stereocenters. The molecule has 0 radical (unpaired) electrons. The number of rotatable bonds is 4. The number of nitrogens with zero attached hydrogens (tertiary/aromatic N) is 7. The Hall–Kier alpha value is -2.68. The predicted octanol–water partition coefficient (Wildman–Crippen LogP) is 1.91.